The van der Waals surface area contributed by atoms with Crippen molar-refractivity contribution < 1.29 is 14.6 Å². The van der Waals surface area contributed by atoms with E-state index < -0.39 is 5.97 Å². The second kappa shape index (κ2) is 5.39. The van der Waals surface area contributed by atoms with Gasteiger partial charge in [-0.05, 0) is 18.1 Å². The monoisotopic (exact) mass is 223 g/mol. The Hall–Kier alpha value is -1.71. The molecule has 0 saturated carbocycles. The zero-order chi connectivity index (χ0) is 12.1. The van der Waals surface area contributed by atoms with Gasteiger partial charge >= 0.3 is 5.97 Å². The van der Waals surface area contributed by atoms with Crippen molar-refractivity contribution >= 4 is 11.7 Å². The highest BCUT2D eigenvalue weighted by molar-refractivity contribution is 5.96. The Balaban J connectivity index is 2.87. The third-order valence-corrected chi connectivity index (χ3v) is 2.49. The number of benzene rings is 1. The lowest BCUT2D eigenvalue weighted by Gasteiger charge is -2.13. The van der Waals surface area contributed by atoms with E-state index in [1.807, 2.05) is 6.92 Å². The minimum Gasteiger partial charge on any atom is -0.492 e. The minimum atomic E-state index is -1.06. The predicted octanol–water partition coefficient (Wildman–Crippen LogP) is 2.39. The van der Waals surface area contributed by atoms with Gasteiger partial charge in [0.1, 0.15) is 11.3 Å². The number of nitrogens with two attached hydrogens (primary N) is 1. The molecule has 0 spiro atoms. The van der Waals surface area contributed by atoms with Crippen LogP contribution in [0.25, 0.3) is 0 Å². The standard InChI is InChI=1S/C12H17NO3/c1-3-8(2)7-16-10-6-4-5-9(13)11(10)12(14)15/h4-6,8H,3,7,13H2,1-2H3,(H,14,15). The maximum Gasteiger partial charge on any atom is 0.341 e. The summed E-state index contributed by atoms with van der Waals surface area (Å²) in [6, 6.07) is 4.87. The normalized spacial score (nSPS) is 12.1. The Kier molecular flexibility index (Phi) is 4.17. The topological polar surface area (TPSA) is 72.5 Å². The van der Waals surface area contributed by atoms with Crippen LogP contribution < -0.4 is 10.5 Å². The van der Waals surface area contributed by atoms with Crippen molar-refractivity contribution in [3.05, 3.63) is 23.8 Å². The fourth-order valence-electron chi connectivity index (χ4n) is 1.25. The molecule has 1 aromatic rings. The van der Waals surface area contributed by atoms with Gasteiger partial charge < -0.3 is 15.6 Å². The highest BCUT2D eigenvalue weighted by Crippen LogP contribution is 2.24. The molecule has 16 heavy (non-hydrogen) atoms. The minimum absolute atomic E-state index is 0.0470. The Labute approximate surface area is 95.0 Å². The van der Waals surface area contributed by atoms with Crippen LogP contribution in [-0.2, 0) is 0 Å². The van der Waals surface area contributed by atoms with Crippen LogP contribution in [0.3, 0.4) is 0 Å². The Morgan fingerprint density at radius 2 is 2.25 bits per heavy atom. The number of hydrogen-bond acceptors (Lipinski definition) is 3. The summed E-state index contributed by atoms with van der Waals surface area (Å²) in [7, 11) is 0. The van der Waals surface area contributed by atoms with E-state index in [4.69, 9.17) is 15.6 Å². The fourth-order valence-corrected chi connectivity index (χ4v) is 1.25. The summed E-state index contributed by atoms with van der Waals surface area (Å²) in [5.74, 6) is -0.326. The highest BCUT2D eigenvalue weighted by Gasteiger charge is 2.15. The molecule has 0 amide bonds. The van der Waals surface area contributed by atoms with Gasteiger partial charge in [-0.3, -0.25) is 0 Å². The fraction of sp³-hybridized carbons (Fsp3) is 0.417. The molecule has 0 aliphatic rings. The van der Waals surface area contributed by atoms with Gasteiger partial charge in [-0.25, -0.2) is 4.79 Å². The van der Waals surface area contributed by atoms with Crippen LogP contribution in [0.1, 0.15) is 30.6 Å². The molecule has 1 unspecified atom stereocenters. The third kappa shape index (κ3) is 2.89. The van der Waals surface area contributed by atoms with Crippen LogP contribution >= 0.6 is 0 Å². The van der Waals surface area contributed by atoms with Gasteiger partial charge in [-0.1, -0.05) is 26.3 Å². The van der Waals surface area contributed by atoms with Crippen LogP contribution in [0.2, 0.25) is 0 Å². The average molecular weight is 223 g/mol. The summed E-state index contributed by atoms with van der Waals surface area (Å²) in [5, 5.41) is 9.01. The van der Waals surface area contributed by atoms with Crippen molar-refractivity contribution in [3.63, 3.8) is 0 Å². The van der Waals surface area contributed by atoms with Gasteiger partial charge in [0.05, 0.1) is 6.61 Å². The lowest BCUT2D eigenvalue weighted by atomic mass is 10.1. The maximum atomic E-state index is 11.0. The van der Waals surface area contributed by atoms with E-state index in [1.54, 1.807) is 18.2 Å². The summed E-state index contributed by atoms with van der Waals surface area (Å²) < 4.78 is 5.47. The predicted molar refractivity (Wildman–Crippen MR) is 62.8 cm³/mol. The first-order valence-corrected chi connectivity index (χ1v) is 5.30. The van der Waals surface area contributed by atoms with E-state index >= 15 is 0 Å². The smallest absolute Gasteiger partial charge is 0.341 e. The van der Waals surface area contributed by atoms with Crippen molar-refractivity contribution in [1.82, 2.24) is 0 Å². The summed E-state index contributed by atoms with van der Waals surface area (Å²) in [6.45, 7) is 4.61. The molecule has 1 rings (SSSR count). The number of anilines is 1. The largest absolute Gasteiger partial charge is 0.492 e. The summed E-state index contributed by atoms with van der Waals surface area (Å²) in [5.41, 5.74) is 5.88. The second-order valence-electron chi connectivity index (χ2n) is 3.85. The highest BCUT2D eigenvalue weighted by atomic mass is 16.5. The number of ether oxygens (including phenoxy) is 1. The van der Waals surface area contributed by atoms with Crippen molar-refractivity contribution in [1.29, 1.82) is 0 Å². The van der Waals surface area contributed by atoms with Crippen LogP contribution in [0.5, 0.6) is 5.75 Å². The van der Waals surface area contributed by atoms with E-state index in [1.165, 1.54) is 0 Å². The summed E-state index contributed by atoms with van der Waals surface area (Å²) in [6.07, 6.45) is 0.991. The number of carboxylic acid groups (broad SMARTS) is 1. The number of rotatable bonds is 5. The number of aromatic carboxylic acids is 1. The molecule has 1 atom stereocenters. The molecule has 0 heterocycles. The first-order valence-electron chi connectivity index (χ1n) is 5.30. The van der Waals surface area contributed by atoms with Gasteiger partial charge in [0.2, 0.25) is 0 Å². The van der Waals surface area contributed by atoms with Crippen molar-refractivity contribution in [2.45, 2.75) is 20.3 Å². The van der Waals surface area contributed by atoms with Crippen LogP contribution in [-0.4, -0.2) is 17.7 Å². The van der Waals surface area contributed by atoms with E-state index in [9.17, 15) is 4.79 Å². The van der Waals surface area contributed by atoms with E-state index in [0.29, 0.717) is 18.3 Å². The molecule has 4 nitrogen and oxygen atoms in total. The van der Waals surface area contributed by atoms with E-state index in [-0.39, 0.29) is 11.3 Å². The zero-order valence-electron chi connectivity index (χ0n) is 9.56. The van der Waals surface area contributed by atoms with Gasteiger partial charge in [0.25, 0.3) is 0 Å². The van der Waals surface area contributed by atoms with Crippen molar-refractivity contribution in [2.24, 2.45) is 5.92 Å². The molecule has 0 bridgehead atoms. The number of carbonyl (C=O) groups is 1. The average Bonchev–Trinajstić information content (AvgIpc) is 2.25. The molecule has 3 N–H and O–H groups in total. The molecule has 4 heteroatoms. The third-order valence-electron chi connectivity index (χ3n) is 2.49. The Morgan fingerprint density at radius 3 is 2.81 bits per heavy atom. The Bertz CT molecular complexity index is 377. The van der Waals surface area contributed by atoms with Crippen molar-refractivity contribution in [2.75, 3.05) is 12.3 Å². The summed E-state index contributed by atoms with van der Waals surface area (Å²) in [4.78, 5) is 11.0. The number of nitrogen functional groups attached to an aromatic ring is 1. The van der Waals surface area contributed by atoms with Crippen molar-refractivity contribution in [3.8, 4) is 5.75 Å². The van der Waals surface area contributed by atoms with Gasteiger partial charge in [0.15, 0.2) is 0 Å². The molecule has 0 saturated heterocycles. The first-order chi connectivity index (χ1) is 7.56. The lowest BCUT2D eigenvalue weighted by Crippen LogP contribution is -2.11. The van der Waals surface area contributed by atoms with Crippen LogP contribution in [0.15, 0.2) is 18.2 Å². The molecule has 0 aromatic heterocycles. The lowest BCUT2D eigenvalue weighted by molar-refractivity contribution is 0.0692. The molecule has 0 aliphatic heterocycles. The zero-order valence-corrected chi connectivity index (χ0v) is 9.56. The Morgan fingerprint density at radius 1 is 1.56 bits per heavy atom. The second-order valence-corrected chi connectivity index (χ2v) is 3.85. The molecule has 88 valence electrons. The van der Waals surface area contributed by atoms with Crippen LogP contribution in [0.4, 0.5) is 5.69 Å². The number of carboxylic acids is 1. The SMILES string of the molecule is CCC(C)COc1cccc(N)c1C(=O)O. The quantitative estimate of drug-likeness (QED) is 0.752. The van der Waals surface area contributed by atoms with E-state index in [0.717, 1.165) is 6.42 Å². The summed E-state index contributed by atoms with van der Waals surface area (Å²) >= 11 is 0. The van der Waals surface area contributed by atoms with Gasteiger partial charge in [-0.15, -0.1) is 0 Å². The molecule has 1 aromatic carbocycles. The number of hydrogen-bond donors (Lipinski definition) is 2. The molecule has 0 fully saturated rings. The van der Waals surface area contributed by atoms with Gasteiger partial charge in [-0.2, -0.15) is 0 Å². The van der Waals surface area contributed by atoms with Crippen LogP contribution in [0, 0.1) is 5.92 Å². The molecular weight excluding hydrogens is 206 g/mol. The molecule has 0 radical (unpaired) electrons. The maximum absolute atomic E-state index is 11.0. The molecule has 0 aliphatic carbocycles. The molecular formula is C12H17NO3. The first kappa shape index (κ1) is 12.4. The van der Waals surface area contributed by atoms with E-state index in [2.05, 4.69) is 6.92 Å². The van der Waals surface area contributed by atoms with Gasteiger partial charge in [0, 0.05) is 5.69 Å².